The number of nitrogens with one attached hydrogen (secondary N) is 1. The lowest BCUT2D eigenvalue weighted by Gasteiger charge is -2.10. The third-order valence-corrected chi connectivity index (χ3v) is 6.02. The van der Waals surface area contributed by atoms with Gasteiger partial charge in [0.2, 0.25) is 0 Å². The molecule has 0 aliphatic rings. The first-order valence-corrected chi connectivity index (χ1v) is 11.1. The molecule has 0 fully saturated rings. The van der Waals surface area contributed by atoms with E-state index in [-0.39, 0.29) is 5.56 Å². The molecule has 0 bridgehead atoms. The summed E-state index contributed by atoms with van der Waals surface area (Å²) in [6, 6.07) is 13.5. The number of carbonyl (C=O) groups is 3. The number of esters is 1. The number of methoxy groups -OCH3 is 1. The van der Waals surface area contributed by atoms with E-state index in [9.17, 15) is 14.4 Å². The van der Waals surface area contributed by atoms with E-state index in [2.05, 4.69) is 10.3 Å². The highest BCUT2D eigenvalue weighted by Gasteiger charge is 2.18. The fourth-order valence-corrected chi connectivity index (χ4v) is 4.31. The largest absolute Gasteiger partial charge is 0.496 e. The summed E-state index contributed by atoms with van der Waals surface area (Å²) in [5.41, 5.74) is 1.50. The summed E-state index contributed by atoms with van der Waals surface area (Å²) in [7, 11) is 1.43. The number of thioether (sulfide) groups is 1. The van der Waals surface area contributed by atoms with Crippen molar-refractivity contribution in [2.24, 2.45) is 0 Å². The Hall–Kier alpha value is -3.17. The molecule has 1 N–H and O–H groups in total. The molecule has 7 nitrogen and oxygen atoms in total. The zero-order valence-electron chi connectivity index (χ0n) is 16.9. The van der Waals surface area contributed by atoms with Gasteiger partial charge in [-0.1, -0.05) is 24.3 Å². The number of nitrogens with zero attached hydrogens (tertiary/aromatic N) is 1. The number of rotatable bonds is 8. The minimum absolute atomic E-state index is 0.212. The summed E-state index contributed by atoms with van der Waals surface area (Å²) in [6.07, 6.45) is 0. The summed E-state index contributed by atoms with van der Waals surface area (Å²) in [5, 5.41) is 5.16. The molecule has 1 aromatic heterocycles. The van der Waals surface area contributed by atoms with Gasteiger partial charge in [0.1, 0.15) is 5.75 Å². The Morgan fingerprint density at radius 1 is 1.06 bits per heavy atom. The number of aromatic nitrogens is 1. The Labute approximate surface area is 187 Å². The van der Waals surface area contributed by atoms with E-state index in [1.54, 1.807) is 41.7 Å². The molecule has 9 heteroatoms. The van der Waals surface area contributed by atoms with Gasteiger partial charge >= 0.3 is 5.97 Å². The Morgan fingerprint density at radius 2 is 1.77 bits per heavy atom. The van der Waals surface area contributed by atoms with Crippen molar-refractivity contribution in [1.29, 1.82) is 0 Å². The van der Waals surface area contributed by atoms with Crippen molar-refractivity contribution in [2.45, 2.75) is 17.6 Å². The Bertz CT molecular complexity index is 1100. The van der Waals surface area contributed by atoms with Gasteiger partial charge in [0.05, 0.1) is 28.9 Å². The van der Waals surface area contributed by atoms with Crippen LogP contribution < -0.4 is 10.1 Å². The van der Waals surface area contributed by atoms with Crippen molar-refractivity contribution < 1.29 is 23.9 Å². The van der Waals surface area contributed by atoms with Crippen LogP contribution in [0.2, 0.25) is 0 Å². The minimum atomic E-state index is -0.729. The van der Waals surface area contributed by atoms with Crippen molar-refractivity contribution in [3.8, 4) is 5.75 Å². The normalized spacial score (nSPS) is 10.4. The molecule has 160 valence electrons. The van der Waals surface area contributed by atoms with E-state index in [1.165, 1.54) is 24.9 Å². The number of aryl methyl sites for hydroxylation is 1. The molecule has 3 rings (SSSR count). The second kappa shape index (κ2) is 10.7. The number of ether oxygens (including phenoxy) is 2. The van der Waals surface area contributed by atoms with Crippen LogP contribution in [0.3, 0.4) is 0 Å². The van der Waals surface area contributed by atoms with Gasteiger partial charge in [-0.3, -0.25) is 14.9 Å². The van der Waals surface area contributed by atoms with Crippen LogP contribution in [0.5, 0.6) is 5.75 Å². The van der Waals surface area contributed by atoms with Gasteiger partial charge in [-0.05, 0) is 31.2 Å². The standard InChI is InChI=1S/C22H20N2O5S2/c1-14-23-15(12-30-14)13-31-19-10-6-4-8-17(19)22(27)29-11-20(25)24-21(26)16-7-3-5-9-18(16)28-2/h3-10,12H,11,13H2,1-2H3,(H,24,25,26). The second-order valence-electron chi connectivity index (χ2n) is 6.30. The monoisotopic (exact) mass is 456 g/mol. The minimum Gasteiger partial charge on any atom is -0.496 e. The van der Waals surface area contributed by atoms with Crippen molar-refractivity contribution in [1.82, 2.24) is 10.3 Å². The molecular formula is C22H20N2O5S2. The van der Waals surface area contributed by atoms with Gasteiger partial charge in [0, 0.05) is 16.0 Å². The van der Waals surface area contributed by atoms with Crippen LogP contribution in [0.15, 0.2) is 58.8 Å². The maximum absolute atomic E-state index is 12.5. The van der Waals surface area contributed by atoms with Gasteiger partial charge in [0.25, 0.3) is 11.8 Å². The van der Waals surface area contributed by atoms with Crippen molar-refractivity contribution >= 4 is 40.9 Å². The van der Waals surface area contributed by atoms with Gasteiger partial charge in [-0.25, -0.2) is 9.78 Å². The van der Waals surface area contributed by atoms with Crippen LogP contribution in [-0.4, -0.2) is 36.5 Å². The molecule has 0 saturated heterocycles. The highest BCUT2D eigenvalue weighted by Crippen LogP contribution is 2.27. The predicted molar refractivity (Wildman–Crippen MR) is 119 cm³/mol. The number of para-hydroxylation sites is 1. The molecule has 0 aliphatic heterocycles. The molecule has 31 heavy (non-hydrogen) atoms. The van der Waals surface area contributed by atoms with Crippen molar-refractivity contribution in [2.75, 3.05) is 13.7 Å². The van der Waals surface area contributed by atoms with Gasteiger partial charge in [0.15, 0.2) is 6.61 Å². The van der Waals surface area contributed by atoms with E-state index in [4.69, 9.17) is 9.47 Å². The second-order valence-corrected chi connectivity index (χ2v) is 8.38. The highest BCUT2D eigenvalue weighted by molar-refractivity contribution is 7.98. The van der Waals surface area contributed by atoms with E-state index < -0.39 is 24.4 Å². The van der Waals surface area contributed by atoms with E-state index in [1.807, 2.05) is 24.4 Å². The maximum atomic E-state index is 12.5. The SMILES string of the molecule is COc1ccccc1C(=O)NC(=O)COC(=O)c1ccccc1SCc1csc(C)n1. The lowest BCUT2D eigenvalue weighted by Crippen LogP contribution is -2.34. The average molecular weight is 457 g/mol. The van der Waals surface area contributed by atoms with Crippen LogP contribution in [-0.2, 0) is 15.3 Å². The molecule has 0 radical (unpaired) electrons. The topological polar surface area (TPSA) is 94.6 Å². The number of hydrogen-bond acceptors (Lipinski definition) is 8. The first kappa shape index (κ1) is 22.5. The number of carbonyl (C=O) groups excluding carboxylic acids is 3. The quantitative estimate of drug-likeness (QED) is 0.406. The Kier molecular flexibility index (Phi) is 7.80. The highest BCUT2D eigenvalue weighted by atomic mass is 32.2. The lowest BCUT2D eigenvalue weighted by atomic mass is 10.2. The Morgan fingerprint density at radius 3 is 2.48 bits per heavy atom. The third kappa shape index (κ3) is 6.16. The zero-order chi connectivity index (χ0) is 22.2. The van der Waals surface area contributed by atoms with E-state index >= 15 is 0 Å². The molecule has 0 saturated carbocycles. The number of benzene rings is 2. The fraction of sp³-hybridized carbons (Fsp3) is 0.182. The van der Waals surface area contributed by atoms with Crippen molar-refractivity contribution in [3.63, 3.8) is 0 Å². The smallest absolute Gasteiger partial charge is 0.339 e. The first-order valence-electron chi connectivity index (χ1n) is 9.25. The molecular weight excluding hydrogens is 436 g/mol. The number of thiazole rings is 1. The lowest BCUT2D eigenvalue weighted by molar-refractivity contribution is -0.123. The van der Waals surface area contributed by atoms with Crippen LogP contribution in [0, 0.1) is 6.92 Å². The summed E-state index contributed by atoms with van der Waals surface area (Å²) < 4.78 is 10.2. The van der Waals surface area contributed by atoms with E-state index in [0.29, 0.717) is 17.1 Å². The predicted octanol–water partition coefficient (Wildman–Crippen LogP) is 3.87. The summed E-state index contributed by atoms with van der Waals surface area (Å²) in [4.78, 5) is 42.0. The van der Waals surface area contributed by atoms with Crippen LogP contribution in [0.1, 0.15) is 31.4 Å². The fourth-order valence-electron chi connectivity index (χ4n) is 2.66. The molecule has 0 aliphatic carbocycles. The summed E-state index contributed by atoms with van der Waals surface area (Å²) in [6.45, 7) is 1.36. The number of amides is 2. The zero-order valence-corrected chi connectivity index (χ0v) is 18.5. The third-order valence-electron chi connectivity index (χ3n) is 4.09. The number of hydrogen-bond donors (Lipinski definition) is 1. The van der Waals surface area contributed by atoms with Crippen LogP contribution in [0.4, 0.5) is 0 Å². The molecule has 0 spiro atoms. The summed E-state index contributed by atoms with van der Waals surface area (Å²) in [5.74, 6) is -1.05. The average Bonchev–Trinajstić information content (AvgIpc) is 3.21. The van der Waals surface area contributed by atoms with Crippen LogP contribution >= 0.6 is 23.1 Å². The number of imide groups is 1. The first-order chi connectivity index (χ1) is 15.0. The van der Waals surface area contributed by atoms with Gasteiger partial charge in [-0.15, -0.1) is 23.1 Å². The molecule has 3 aromatic rings. The molecule has 0 atom stereocenters. The molecule has 2 aromatic carbocycles. The van der Waals surface area contributed by atoms with E-state index in [0.717, 1.165) is 15.6 Å². The maximum Gasteiger partial charge on any atom is 0.339 e. The molecule has 2 amide bonds. The Balaban J connectivity index is 1.56. The van der Waals surface area contributed by atoms with Gasteiger partial charge in [-0.2, -0.15) is 0 Å². The molecule has 0 unspecified atom stereocenters. The van der Waals surface area contributed by atoms with Gasteiger partial charge < -0.3 is 9.47 Å². The molecule has 1 heterocycles. The summed E-state index contributed by atoms with van der Waals surface area (Å²) >= 11 is 3.03. The van der Waals surface area contributed by atoms with Crippen LogP contribution in [0.25, 0.3) is 0 Å². The van der Waals surface area contributed by atoms with Crippen molar-refractivity contribution in [3.05, 3.63) is 75.7 Å².